The van der Waals surface area contributed by atoms with E-state index in [1.165, 1.54) is 78.5 Å². The van der Waals surface area contributed by atoms with E-state index in [1.807, 2.05) is 0 Å². The topological polar surface area (TPSA) is 140 Å². The number of ether oxygens (including phenoxy) is 3. The molecule has 0 radical (unpaired) electrons. The standard InChI is InChI=1S/3C9H10O3/c3*1-6(10)7-3-4-8(11)9(5-7)12-2/h3*3-5,11H,1-2H3. The van der Waals surface area contributed by atoms with Crippen molar-refractivity contribution >= 4 is 17.3 Å². The maximum atomic E-state index is 10.9. The predicted molar refractivity (Wildman–Crippen MR) is 134 cm³/mol. The zero-order chi connectivity index (χ0) is 27.4. The van der Waals surface area contributed by atoms with Crippen LogP contribution in [0, 0.1) is 0 Å². The fourth-order valence-electron chi connectivity index (χ4n) is 2.69. The summed E-state index contributed by atoms with van der Waals surface area (Å²) in [6.07, 6.45) is 0. The molecular formula is C27H30O9. The summed E-state index contributed by atoms with van der Waals surface area (Å²) in [6.45, 7) is 4.39. The number of hydrogen-bond acceptors (Lipinski definition) is 9. The van der Waals surface area contributed by atoms with Crippen LogP contribution in [0.4, 0.5) is 0 Å². The van der Waals surface area contributed by atoms with Gasteiger partial charge in [0.15, 0.2) is 51.8 Å². The van der Waals surface area contributed by atoms with Crippen molar-refractivity contribution in [2.24, 2.45) is 0 Å². The van der Waals surface area contributed by atoms with Crippen LogP contribution in [0.2, 0.25) is 0 Å². The summed E-state index contributed by atoms with van der Waals surface area (Å²) in [5.74, 6) is 0.954. The molecule has 9 nitrogen and oxygen atoms in total. The molecule has 0 heterocycles. The fraction of sp³-hybridized carbons (Fsp3) is 0.222. The number of hydrogen-bond donors (Lipinski definition) is 3. The lowest BCUT2D eigenvalue weighted by Gasteiger charge is -2.03. The summed E-state index contributed by atoms with van der Waals surface area (Å²) in [5.41, 5.74) is 1.60. The van der Waals surface area contributed by atoms with Crippen molar-refractivity contribution in [3.63, 3.8) is 0 Å². The van der Waals surface area contributed by atoms with Gasteiger partial charge in [0.05, 0.1) is 21.3 Å². The zero-order valence-electron chi connectivity index (χ0n) is 21.0. The van der Waals surface area contributed by atoms with Crippen LogP contribution in [0.15, 0.2) is 54.6 Å². The summed E-state index contributed by atoms with van der Waals surface area (Å²) in [6, 6.07) is 13.5. The highest BCUT2D eigenvalue weighted by Crippen LogP contribution is 2.27. The van der Waals surface area contributed by atoms with Crippen molar-refractivity contribution < 1.29 is 43.9 Å². The molecule has 9 heteroatoms. The van der Waals surface area contributed by atoms with E-state index in [4.69, 9.17) is 14.2 Å². The quantitative estimate of drug-likeness (QED) is 0.408. The Morgan fingerprint density at radius 1 is 0.500 bits per heavy atom. The molecule has 0 unspecified atom stereocenters. The highest BCUT2D eigenvalue weighted by Gasteiger charge is 2.06. The van der Waals surface area contributed by atoms with Crippen LogP contribution >= 0.6 is 0 Å². The van der Waals surface area contributed by atoms with Gasteiger partial charge in [-0.2, -0.15) is 0 Å². The Morgan fingerprint density at radius 2 is 0.722 bits per heavy atom. The molecule has 3 aromatic carbocycles. The van der Waals surface area contributed by atoms with E-state index in [2.05, 4.69) is 0 Å². The Hall–Kier alpha value is -4.53. The van der Waals surface area contributed by atoms with Gasteiger partial charge in [-0.3, -0.25) is 14.4 Å². The van der Waals surface area contributed by atoms with E-state index in [0.29, 0.717) is 33.9 Å². The second-order valence-corrected chi connectivity index (χ2v) is 7.33. The molecule has 0 aliphatic rings. The predicted octanol–water partition coefficient (Wildman–Crippen LogP) is 4.81. The van der Waals surface area contributed by atoms with Crippen molar-refractivity contribution in [1.29, 1.82) is 0 Å². The lowest BCUT2D eigenvalue weighted by Crippen LogP contribution is -1.92. The lowest BCUT2D eigenvalue weighted by molar-refractivity contribution is 0.100. The maximum Gasteiger partial charge on any atom is 0.161 e. The average molecular weight is 499 g/mol. The third-order valence-corrected chi connectivity index (χ3v) is 4.76. The Labute approximate surface area is 209 Å². The number of carbonyl (C=O) groups is 3. The minimum atomic E-state index is -0.0479. The third-order valence-electron chi connectivity index (χ3n) is 4.76. The monoisotopic (exact) mass is 498 g/mol. The van der Waals surface area contributed by atoms with Crippen molar-refractivity contribution in [3.8, 4) is 34.5 Å². The number of benzene rings is 3. The molecule has 192 valence electrons. The van der Waals surface area contributed by atoms with Crippen molar-refractivity contribution in [2.45, 2.75) is 20.8 Å². The minimum Gasteiger partial charge on any atom is -0.504 e. The van der Waals surface area contributed by atoms with Crippen LogP contribution < -0.4 is 14.2 Å². The molecule has 0 aromatic heterocycles. The van der Waals surface area contributed by atoms with Crippen LogP contribution in [-0.2, 0) is 0 Å². The van der Waals surface area contributed by atoms with E-state index < -0.39 is 0 Å². The van der Waals surface area contributed by atoms with Gasteiger partial charge in [0, 0.05) is 16.7 Å². The molecule has 0 saturated heterocycles. The number of carbonyl (C=O) groups excluding carboxylic acids is 3. The molecule has 0 bridgehead atoms. The van der Waals surface area contributed by atoms with E-state index >= 15 is 0 Å². The lowest BCUT2D eigenvalue weighted by atomic mass is 10.1. The second-order valence-electron chi connectivity index (χ2n) is 7.33. The Bertz CT molecular complexity index is 1060. The van der Waals surface area contributed by atoms with E-state index in [1.54, 1.807) is 18.2 Å². The molecule has 36 heavy (non-hydrogen) atoms. The molecular weight excluding hydrogens is 468 g/mol. The molecule has 0 atom stereocenters. The smallest absolute Gasteiger partial charge is 0.161 e. The van der Waals surface area contributed by atoms with Gasteiger partial charge < -0.3 is 29.5 Å². The minimum absolute atomic E-state index is 0.0440. The molecule has 0 saturated carbocycles. The van der Waals surface area contributed by atoms with Crippen LogP contribution in [-0.4, -0.2) is 54.0 Å². The molecule has 0 fully saturated rings. The first-order chi connectivity index (χ1) is 16.9. The molecule has 0 amide bonds. The fourth-order valence-corrected chi connectivity index (χ4v) is 2.69. The number of aromatic hydroxyl groups is 3. The first-order valence-electron chi connectivity index (χ1n) is 10.6. The van der Waals surface area contributed by atoms with Crippen molar-refractivity contribution in [2.75, 3.05) is 21.3 Å². The normalized spacial score (nSPS) is 9.50. The number of Topliss-reactive ketones (excluding diaryl/α,β-unsaturated/α-hetero) is 3. The Kier molecular flexibility index (Phi) is 11.5. The van der Waals surface area contributed by atoms with Crippen molar-refractivity contribution in [3.05, 3.63) is 71.3 Å². The van der Waals surface area contributed by atoms with Gasteiger partial charge >= 0.3 is 0 Å². The maximum absolute atomic E-state index is 10.9. The molecule has 3 aromatic rings. The number of phenolic OH excluding ortho intramolecular Hbond substituents is 3. The van der Waals surface area contributed by atoms with E-state index in [0.717, 1.165) is 0 Å². The summed E-state index contributed by atoms with van der Waals surface area (Å²) < 4.78 is 14.5. The largest absolute Gasteiger partial charge is 0.504 e. The van der Waals surface area contributed by atoms with Gasteiger partial charge in [-0.15, -0.1) is 0 Å². The Morgan fingerprint density at radius 3 is 0.889 bits per heavy atom. The highest BCUT2D eigenvalue weighted by molar-refractivity contribution is 5.95. The van der Waals surface area contributed by atoms with Gasteiger partial charge in [0.1, 0.15) is 0 Å². The van der Waals surface area contributed by atoms with Gasteiger partial charge in [-0.1, -0.05) is 0 Å². The summed E-state index contributed by atoms with van der Waals surface area (Å²) in [7, 11) is 4.33. The number of ketones is 3. The van der Waals surface area contributed by atoms with Crippen molar-refractivity contribution in [1.82, 2.24) is 0 Å². The van der Waals surface area contributed by atoms with Crippen LogP contribution in [0.25, 0.3) is 0 Å². The van der Waals surface area contributed by atoms with Crippen LogP contribution in [0.3, 0.4) is 0 Å². The zero-order valence-corrected chi connectivity index (χ0v) is 21.0. The Balaban J connectivity index is 0.000000270. The molecule has 0 aliphatic heterocycles. The van der Waals surface area contributed by atoms with Gasteiger partial charge in [-0.05, 0) is 75.4 Å². The first kappa shape index (κ1) is 29.5. The van der Waals surface area contributed by atoms with E-state index in [9.17, 15) is 29.7 Å². The van der Waals surface area contributed by atoms with E-state index in [-0.39, 0.29) is 34.6 Å². The summed E-state index contributed by atoms with van der Waals surface area (Å²) in [4.78, 5) is 32.7. The SMILES string of the molecule is COc1cc(C(C)=O)ccc1O.COc1cc(C(C)=O)ccc1O.COc1cc(C(C)=O)ccc1O. The third kappa shape index (κ3) is 8.68. The molecule has 3 rings (SSSR count). The van der Waals surface area contributed by atoms with Gasteiger partial charge in [0.2, 0.25) is 0 Å². The molecule has 0 spiro atoms. The number of phenols is 3. The summed E-state index contributed by atoms with van der Waals surface area (Å²) >= 11 is 0. The average Bonchev–Trinajstić information content (AvgIpc) is 2.85. The van der Waals surface area contributed by atoms with Gasteiger partial charge in [-0.25, -0.2) is 0 Å². The van der Waals surface area contributed by atoms with Crippen LogP contribution in [0.1, 0.15) is 51.8 Å². The van der Waals surface area contributed by atoms with Gasteiger partial charge in [0.25, 0.3) is 0 Å². The summed E-state index contributed by atoms with van der Waals surface area (Å²) in [5, 5.41) is 27.5. The first-order valence-corrected chi connectivity index (χ1v) is 10.6. The highest BCUT2D eigenvalue weighted by atomic mass is 16.5. The van der Waals surface area contributed by atoms with Crippen LogP contribution in [0.5, 0.6) is 34.5 Å². The molecule has 0 aliphatic carbocycles. The number of methoxy groups -OCH3 is 3. The molecule has 3 N–H and O–H groups in total. The second kappa shape index (κ2) is 14.0. The number of rotatable bonds is 6.